The SMILES string of the molecule is CCN(C(=O)CNC1CCCC1)c1ccccc1C. The van der Waals surface area contributed by atoms with Crippen molar-refractivity contribution in [1.29, 1.82) is 0 Å². The molecule has 104 valence electrons. The quantitative estimate of drug-likeness (QED) is 0.883. The van der Waals surface area contributed by atoms with E-state index in [1.807, 2.05) is 30.0 Å². The van der Waals surface area contributed by atoms with E-state index < -0.39 is 0 Å². The minimum atomic E-state index is 0.170. The van der Waals surface area contributed by atoms with Gasteiger partial charge in [0, 0.05) is 18.3 Å². The zero-order valence-corrected chi connectivity index (χ0v) is 12.0. The number of hydrogen-bond acceptors (Lipinski definition) is 2. The van der Waals surface area contributed by atoms with Gasteiger partial charge >= 0.3 is 0 Å². The average Bonchev–Trinajstić information content (AvgIpc) is 2.92. The van der Waals surface area contributed by atoms with E-state index in [1.165, 1.54) is 25.7 Å². The van der Waals surface area contributed by atoms with Crippen molar-refractivity contribution in [2.45, 2.75) is 45.6 Å². The fourth-order valence-electron chi connectivity index (χ4n) is 2.80. The van der Waals surface area contributed by atoms with Crippen molar-refractivity contribution in [1.82, 2.24) is 5.32 Å². The highest BCUT2D eigenvalue weighted by atomic mass is 16.2. The number of hydrogen-bond donors (Lipinski definition) is 1. The Morgan fingerprint density at radius 3 is 2.63 bits per heavy atom. The number of likely N-dealkylation sites (N-methyl/N-ethyl adjacent to an activating group) is 1. The number of amides is 1. The Kier molecular flexibility index (Phi) is 4.97. The van der Waals surface area contributed by atoms with Gasteiger partial charge in [0.05, 0.1) is 6.54 Å². The Morgan fingerprint density at radius 2 is 2.00 bits per heavy atom. The smallest absolute Gasteiger partial charge is 0.240 e. The molecule has 0 atom stereocenters. The zero-order chi connectivity index (χ0) is 13.7. The Balaban J connectivity index is 1.96. The molecule has 1 aromatic rings. The van der Waals surface area contributed by atoms with E-state index in [9.17, 15) is 4.79 Å². The minimum Gasteiger partial charge on any atom is -0.311 e. The summed E-state index contributed by atoms with van der Waals surface area (Å²) in [6, 6.07) is 8.61. The van der Waals surface area contributed by atoms with Crippen LogP contribution in [-0.4, -0.2) is 25.0 Å². The second-order valence-electron chi connectivity index (χ2n) is 5.29. The molecule has 1 aromatic carbocycles. The van der Waals surface area contributed by atoms with Crippen LogP contribution in [0.4, 0.5) is 5.69 Å². The molecule has 1 aliphatic rings. The number of carbonyl (C=O) groups excluding carboxylic acids is 1. The first-order valence-corrected chi connectivity index (χ1v) is 7.31. The van der Waals surface area contributed by atoms with Gasteiger partial charge in [-0.05, 0) is 38.3 Å². The molecule has 0 bridgehead atoms. The third-order valence-corrected chi connectivity index (χ3v) is 3.92. The highest BCUT2D eigenvalue weighted by Gasteiger charge is 2.19. The lowest BCUT2D eigenvalue weighted by Gasteiger charge is -2.24. The third-order valence-electron chi connectivity index (χ3n) is 3.92. The van der Waals surface area contributed by atoms with Crippen molar-refractivity contribution in [2.75, 3.05) is 18.0 Å². The molecule has 0 saturated heterocycles. The lowest BCUT2D eigenvalue weighted by atomic mass is 10.1. The summed E-state index contributed by atoms with van der Waals surface area (Å²) in [5.41, 5.74) is 2.18. The number of anilines is 1. The normalized spacial score (nSPS) is 15.7. The van der Waals surface area contributed by atoms with Gasteiger partial charge in [-0.1, -0.05) is 31.0 Å². The van der Waals surface area contributed by atoms with Crippen LogP contribution in [0.5, 0.6) is 0 Å². The highest BCUT2D eigenvalue weighted by Crippen LogP contribution is 2.20. The summed E-state index contributed by atoms with van der Waals surface area (Å²) in [6.07, 6.45) is 5.01. The molecule has 0 radical (unpaired) electrons. The molecule has 3 nitrogen and oxygen atoms in total. The molecule has 1 saturated carbocycles. The van der Waals surface area contributed by atoms with Crippen LogP contribution in [-0.2, 0) is 4.79 Å². The lowest BCUT2D eigenvalue weighted by molar-refractivity contribution is -0.117. The molecule has 2 rings (SSSR count). The largest absolute Gasteiger partial charge is 0.311 e. The third kappa shape index (κ3) is 3.57. The molecule has 1 N–H and O–H groups in total. The second-order valence-corrected chi connectivity index (χ2v) is 5.29. The van der Waals surface area contributed by atoms with Gasteiger partial charge in [-0.15, -0.1) is 0 Å². The second kappa shape index (κ2) is 6.71. The van der Waals surface area contributed by atoms with Gasteiger partial charge in [0.25, 0.3) is 0 Å². The molecule has 0 unspecified atom stereocenters. The summed E-state index contributed by atoms with van der Waals surface area (Å²) in [7, 11) is 0. The van der Waals surface area contributed by atoms with Crippen LogP contribution in [0.1, 0.15) is 38.2 Å². The number of carbonyl (C=O) groups is 1. The Labute approximate surface area is 116 Å². The number of benzene rings is 1. The Bertz CT molecular complexity index is 425. The first-order chi connectivity index (χ1) is 9.22. The van der Waals surface area contributed by atoms with E-state index in [0.29, 0.717) is 12.6 Å². The molecule has 0 spiro atoms. The van der Waals surface area contributed by atoms with Gasteiger partial charge < -0.3 is 10.2 Å². The fraction of sp³-hybridized carbons (Fsp3) is 0.562. The van der Waals surface area contributed by atoms with Gasteiger partial charge in [0.1, 0.15) is 0 Å². The van der Waals surface area contributed by atoms with Crippen LogP contribution in [0.25, 0.3) is 0 Å². The van der Waals surface area contributed by atoms with Crippen molar-refractivity contribution in [3.05, 3.63) is 29.8 Å². The first kappa shape index (κ1) is 14.1. The number of nitrogens with one attached hydrogen (secondary N) is 1. The Morgan fingerprint density at radius 1 is 1.32 bits per heavy atom. The molecule has 0 heterocycles. The molecule has 0 aromatic heterocycles. The fourth-order valence-corrected chi connectivity index (χ4v) is 2.80. The number of aryl methyl sites for hydroxylation is 1. The molecule has 1 amide bonds. The standard InChI is InChI=1S/C16H24N2O/c1-3-18(15-11-7-4-8-13(15)2)16(19)12-17-14-9-5-6-10-14/h4,7-8,11,14,17H,3,5-6,9-10,12H2,1-2H3. The van der Waals surface area contributed by atoms with Crippen LogP contribution in [0.2, 0.25) is 0 Å². The molecular weight excluding hydrogens is 236 g/mol. The highest BCUT2D eigenvalue weighted by molar-refractivity contribution is 5.95. The summed E-state index contributed by atoms with van der Waals surface area (Å²) in [4.78, 5) is 14.2. The molecular formula is C16H24N2O. The summed E-state index contributed by atoms with van der Waals surface area (Å²) in [5.74, 6) is 0.170. The van der Waals surface area contributed by atoms with Gasteiger partial charge in [0.15, 0.2) is 0 Å². The van der Waals surface area contributed by atoms with E-state index in [2.05, 4.69) is 18.3 Å². The van der Waals surface area contributed by atoms with E-state index in [0.717, 1.165) is 17.8 Å². The maximum absolute atomic E-state index is 12.3. The van der Waals surface area contributed by atoms with Gasteiger partial charge in [-0.3, -0.25) is 4.79 Å². The van der Waals surface area contributed by atoms with E-state index in [1.54, 1.807) is 0 Å². The Hall–Kier alpha value is -1.35. The van der Waals surface area contributed by atoms with Crippen LogP contribution in [0.3, 0.4) is 0 Å². The molecule has 3 heteroatoms. The molecule has 19 heavy (non-hydrogen) atoms. The molecule has 1 aliphatic carbocycles. The number of rotatable bonds is 5. The maximum Gasteiger partial charge on any atom is 0.240 e. The first-order valence-electron chi connectivity index (χ1n) is 7.31. The van der Waals surface area contributed by atoms with Crippen molar-refractivity contribution in [2.24, 2.45) is 0 Å². The van der Waals surface area contributed by atoms with Crippen LogP contribution < -0.4 is 10.2 Å². The summed E-state index contributed by atoms with van der Waals surface area (Å²) < 4.78 is 0. The van der Waals surface area contributed by atoms with E-state index in [-0.39, 0.29) is 5.91 Å². The number of para-hydroxylation sites is 1. The maximum atomic E-state index is 12.3. The summed E-state index contributed by atoms with van der Waals surface area (Å²) >= 11 is 0. The van der Waals surface area contributed by atoms with Gasteiger partial charge in [0.2, 0.25) is 5.91 Å². The number of nitrogens with zero attached hydrogens (tertiary/aromatic N) is 1. The van der Waals surface area contributed by atoms with Crippen LogP contribution >= 0.6 is 0 Å². The van der Waals surface area contributed by atoms with Crippen molar-refractivity contribution in [3.8, 4) is 0 Å². The average molecular weight is 260 g/mol. The van der Waals surface area contributed by atoms with Crippen molar-refractivity contribution in [3.63, 3.8) is 0 Å². The topological polar surface area (TPSA) is 32.3 Å². The van der Waals surface area contributed by atoms with Gasteiger partial charge in [-0.25, -0.2) is 0 Å². The molecule has 0 aliphatic heterocycles. The van der Waals surface area contributed by atoms with Gasteiger partial charge in [-0.2, -0.15) is 0 Å². The predicted molar refractivity (Wildman–Crippen MR) is 79.5 cm³/mol. The zero-order valence-electron chi connectivity index (χ0n) is 12.0. The lowest BCUT2D eigenvalue weighted by Crippen LogP contribution is -2.41. The van der Waals surface area contributed by atoms with E-state index >= 15 is 0 Å². The summed E-state index contributed by atoms with van der Waals surface area (Å²) in [5, 5.41) is 3.39. The molecule has 1 fully saturated rings. The summed E-state index contributed by atoms with van der Waals surface area (Å²) in [6.45, 7) is 5.25. The van der Waals surface area contributed by atoms with E-state index in [4.69, 9.17) is 0 Å². The minimum absolute atomic E-state index is 0.170. The van der Waals surface area contributed by atoms with Crippen LogP contribution in [0.15, 0.2) is 24.3 Å². The van der Waals surface area contributed by atoms with Crippen molar-refractivity contribution >= 4 is 11.6 Å². The van der Waals surface area contributed by atoms with Crippen molar-refractivity contribution < 1.29 is 4.79 Å². The van der Waals surface area contributed by atoms with Crippen LogP contribution in [0, 0.1) is 6.92 Å². The predicted octanol–water partition coefficient (Wildman–Crippen LogP) is 2.88. The monoisotopic (exact) mass is 260 g/mol.